The van der Waals surface area contributed by atoms with Crippen molar-refractivity contribution >= 4 is 11.5 Å². The number of aliphatic carboxylic acids is 1. The first-order valence-electron chi connectivity index (χ1n) is 6.08. The molecule has 1 saturated carbocycles. The summed E-state index contributed by atoms with van der Waals surface area (Å²) in [6, 6.07) is 3.83. The first-order chi connectivity index (χ1) is 8.22. The molecule has 0 aromatic carbocycles. The summed E-state index contributed by atoms with van der Waals surface area (Å²) < 4.78 is 0. The highest BCUT2D eigenvalue weighted by atomic mass is 16.4. The van der Waals surface area contributed by atoms with E-state index in [2.05, 4.69) is 11.1 Å². The maximum absolute atomic E-state index is 11.7. The SMILES string of the molecule is O=C(O)C12CCC(C=C1c1ccncc1)CC2. The molecule has 3 aliphatic rings. The molecule has 0 aliphatic heterocycles. The lowest BCUT2D eigenvalue weighted by Gasteiger charge is -2.43. The van der Waals surface area contributed by atoms with Gasteiger partial charge in [0.15, 0.2) is 0 Å². The summed E-state index contributed by atoms with van der Waals surface area (Å²) in [6.07, 6.45) is 9.22. The van der Waals surface area contributed by atoms with Crippen LogP contribution < -0.4 is 0 Å². The Kier molecular flexibility index (Phi) is 2.28. The van der Waals surface area contributed by atoms with Gasteiger partial charge in [0.05, 0.1) is 5.41 Å². The minimum Gasteiger partial charge on any atom is -0.481 e. The molecule has 1 N–H and O–H groups in total. The van der Waals surface area contributed by atoms with E-state index in [1.807, 2.05) is 12.1 Å². The van der Waals surface area contributed by atoms with E-state index in [4.69, 9.17) is 0 Å². The second-order valence-electron chi connectivity index (χ2n) is 5.04. The molecule has 1 aromatic heterocycles. The molecule has 88 valence electrons. The van der Waals surface area contributed by atoms with Crippen LogP contribution in [0.2, 0.25) is 0 Å². The van der Waals surface area contributed by atoms with Crippen molar-refractivity contribution in [2.45, 2.75) is 25.7 Å². The number of hydrogen-bond donors (Lipinski definition) is 1. The number of allylic oxidation sites excluding steroid dienone is 1. The molecule has 3 heteroatoms. The number of fused-ring (bicyclic) bond motifs is 2. The molecule has 1 heterocycles. The van der Waals surface area contributed by atoms with Crippen molar-refractivity contribution in [1.82, 2.24) is 4.98 Å². The maximum Gasteiger partial charge on any atom is 0.314 e. The van der Waals surface area contributed by atoms with E-state index in [0.717, 1.165) is 36.8 Å². The molecule has 1 fully saturated rings. The van der Waals surface area contributed by atoms with E-state index in [9.17, 15) is 9.90 Å². The predicted molar refractivity (Wildman–Crippen MR) is 64.2 cm³/mol. The van der Waals surface area contributed by atoms with Crippen LogP contribution in [0.3, 0.4) is 0 Å². The number of aromatic nitrogens is 1. The largest absolute Gasteiger partial charge is 0.481 e. The number of rotatable bonds is 2. The van der Waals surface area contributed by atoms with Crippen molar-refractivity contribution in [3.8, 4) is 0 Å². The lowest BCUT2D eigenvalue weighted by Crippen LogP contribution is -2.40. The summed E-state index contributed by atoms with van der Waals surface area (Å²) in [5.74, 6) is -0.0990. The van der Waals surface area contributed by atoms with E-state index in [-0.39, 0.29) is 0 Å². The number of pyridine rings is 1. The van der Waals surface area contributed by atoms with Gasteiger partial charge in [0.1, 0.15) is 0 Å². The molecular weight excluding hydrogens is 214 g/mol. The zero-order valence-electron chi connectivity index (χ0n) is 9.60. The molecule has 0 spiro atoms. The number of carboxylic acids is 1. The zero-order valence-corrected chi connectivity index (χ0v) is 9.60. The van der Waals surface area contributed by atoms with Crippen LogP contribution in [0.15, 0.2) is 30.6 Å². The number of carbonyl (C=O) groups is 1. The fourth-order valence-corrected chi connectivity index (χ4v) is 3.20. The average molecular weight is 229 g/mol. The molecule has 3 nitrogen and oxygen atoms in total. The molecule has 0 amide bonds. The average Bonchev–Trinajstić information content (AvgIpc) is 2.41. The van der Waals surface area contributed by atoms with Gasteiger partial charge >= 0.3 is 5.97 Å². The molecule has 2 bridgehead atoms. The number of carboxylic acid groups (broad SMARTS) is 1. The lowest BCUT2D eigenvalue weighted by molar-refractivity contribution is -0.147. The van der Waals surface area contributed by atoms with Crippen LogP contribution in [0.5, 0.6) is 0 Å². The van der Waals surface area contributed by atoms with Gasteiger partial charge in [0.2, 0.25) is 0 Å². The monoisotopic (exact) mass is 229 g/mol. The highest BCUT2D eigenvalue weighted by molar-refractivity contribution is 5.93. The Labute approximate surface area is 100 Å². The second kappa shape index (κ2) is 3.69. The fourth-order valence-electron chi connectivity index (χ4n) is 3.20. The Balaban J connectivity index is 2.12. The van der Waals surface area contributed by atoms with Gasteiger partial charge in [-0.05, 0) is 54.9 Å². The van der Waals surface area contributed by atoms with Gasteiger partial charge in [0, 0.05) is 12.4 Å². The molecule has 0 saturated heterocycles. The molecular formula is C14H15NO2. The van der Waals surface area contributed by atoms with Crippen LogP contribution in [0.4, 0.5) is 0 Å². The van der Waals surface area contributed by atoms with Gasteiger partial charge in [0.25, 0.3) is 0 Å². The van der Waals surface area contributed by atoms with Crippen LogP contribution >= 0.6 is 0 Å². The summed E-state index contributed by atoms with van der Waals surface area (Å²) in [4.78, 5) is 15.7. The lowest BCUT2D eigenvalue weighted by atomic mass is 9.59. The molecule has 0 atom stereocenters. The van der Waals surface area contributed by atoms with Crippen LogP contribution in [0.25, 0.3) is 5.57 Å². The quantitative estimate of drug-likeness (QED) is 0.848. The fraction of sp³-hybridized carbons (Fsp3) is 0.429. The van der Waals surface area contributed by atoms with E-state index < -0.39 is 11.4 Å². The third-order valence-electron chi connectivity index (χ3n) is 4.20. The topological polar surface area (TPSA) is 50.2 Å². The van der Waals surface area contributed by atoms with Crippen molar-refractivity contribution < 1.29 is 9.90 Å². The van der Waals surface area contributed by atoms with Crippen LogP contribution in [0, 0.1) is 11.3 Å². The molecule has 1 aromatic rings. The van der Waals surface area contributed by atoms with Crippen molar-refractivity contribution in [3.63, 3.8) is 0 Å². The van der Waals surface area contributed by atoms with Crippen molar-refractivity contribution in [1.29, 1.82) is 0 Å². The molecule has 0 radical (unpaired) electrons. The highest BCUT2D eigenvalue weighted by Gasteiger charge is 2.48. The Hall–Kier alpha value is -1.64. The summed E-state index contributed by atoms with van der Waals surface area (Å²) >= 11 is 0. The molecule has 3 aliphatic carbocycles. The zero-order chi connectivity index (χ0) is 11.9. The minimum absolute atomic E-state index is 0.569. The van der Waals surface area contributed by atoms with Crippen molar-refractivity contribution in [2.24, 2.45) is 11.3 Å². The van der Waals surface area contributed by atoms with Gasteiger partial charge < -0.3 is 5.11 Å². The Morgan fingerprint density at radius 1 is 1.29 bits per heavy atom. The van der Waals surface area contributed by atoms with Gasteiger partial charge in [-0.2, -0.15) is 0 Å². The Morgan fingerprint density at radius 3 is 2.53 bits per heavy atom. The van der Waals surface area contributed by atoms with Gasteiger partial charge in [-0.3, -0.25) is 9.78 Å². The van der Waals surface area contributed by atoms with E-state index in [1.54, 1.807) is 12.4 Å². The van der Waals surface area contributed by atoms with E-state index in [0.29, 0.717) is 5.92 Å². The van der Waals surface area contributed by atoms with Crippen LogP contribution in [-0.4, -0.2) is 16.1 Å². The normalized spacial score (nSPS) is 31.1. The smallest absolute Gasteiger partial charge is 0.314 e. The first kappa shape index (κ1) is 10.5. The van der Waals surface area contributed by atoms with E-state index >= 15 is 0 Å². The maximum atomic E-state index is 11.7. The summed E-state index contributed by atoms with van der Waals surface area (Å²) in [5.41, 5.74) is 1.39. The minimum atomic E-state index is -0.668. The van der Waals surface area contributed by atoms with Gasteiger partial charge in [-0.15, -0.1) is 0 Å². The molecule has 0 unspecified atom stereocenters. The third kappa shape index (κ3) is 1.49. The number of hydrogen-bond acceptors (Lipinski definition) is 2. The van der Waals surface area contributed by atoms with Gasteiger partial charge in [-0.1, -0.05) is 6.08 Å². The Bertz CT molecular complexity index is 470. The van der Waals surface area contributed by atoms with Gasteiger partial charge in [-0.25, -0.2) is 0 Å². The van der Waals surface area contributed by atoms with Crippen molar-refractivity contribution in [2.75, 3.05) is 0 Å². The van der Waals surface area contributed by atoms with E-state index in [1.165, 1.54) is 0 Å². The molecule has 4 rings (SSSR count). The second-order valence-corrected chi connectivity index (χ2v) is 5.04. The molecule has 17 heavy (non-hydrogen) atoms. The number of nitrogens with zero attached hydrogens (tertiary/aromatic N) is 1. The predicted octanol–water partition coefficient (Wildman–Crippen LogP) is 2.74. The standard InChI is InChI=1S/C14H15NO2/c16-13(17)14-5-1-10(2-6-14)9-12(14)11-3-7-15-8-4-11/h3-4,7-10H,1-2,5-6H2,(H,16,17). The van der Waals surface area contributed by atoms with Crippen molar-refractivity contribution in [3.05, 3.63) is 36.2 Å². The van der Waals surface area contributed by atoms with Crippen LogP contribution in [0.1, 0.15) is 31.2 Å². The first-order valence-corrected chi connectivity index (χ1v) is 6.08. The highest BCUT2D eigenvalue weighted by Crippen LogP contribution is 2.53. The van der Waals surface area contributed by atoms with Crippen LogP contribution in [-0.2, 0) is 4.79 Å². The Morgan fingerprint density at radius 2 is 1.94 bits per heavy atom. The summed E-state index contributed by atoms with van der Waals surface area (Å²) in [6.45, 7) is 0. The third-order valence-corrected chi connectivity index (χ3v) is 4.20. The summed E-state index contributed by atoms with van der Waals surface area (Å²) in [7, 11) is 0. The summed E-state index contributed by atoms with van der Waals surface area (Å²) in [5, 5.41) is 9.59.